The molecule has 11 nitrogen and oxygen atoms in total. The zero-order valence-electron chi connectivity index (χ0n) is 23.1. The van der Waals surface area contributed by atoms with Crippen LogP contribution in [0, 0.1) is 17.1 Å². The highest BCUT2D eigenvalue weighted by atomic mass is 32.1. The molecule has 2 aliphatic heterocycles. The molecule has 2 saturated heterocycles. The van der Waals surface area contributed by atoms with Crippen molar-refractivity contribution >= 4 is 49.7 Å². The third-order valence-electron chi connectivity index (χ3n) is 7.58. The quantitative estimate of drug-likeness (QED) is 0.326. The molecule has 14 heteroatoms. The highest BCUT2D eigenvalue weighted by Crippen LogP contribution is 2.38. The van der Waals surface area contributed by atoms with Gasteiger partial charge in [-0.3, -0.25) is 0 Å². The molecule has 1 unspecified atom stereocenters. The van der Waals surface area contributed by atoms with Crippen molar-refractivity contribution in [3.05, 3.63) is 40.7 Å². The smallest absolute Gasteiger partial charge is 0.320 e. The number of fused-ring (bicyclic) bond motifs is 1. The van der Waals surface area contributed by atoms with Gasteiger partial charge in [-0.05, 0) is 37.1 Å². The Morgan fingerprint density at radius 2 is 1.93 bits per heavy atom. The summed E-state index contributed by atoms with van der Waals surface area (Å²) in [4.78, 5) is 31.7. The Hall–Kier alpha value is -3.80. The van der Waals surface area contributed by atoms with Gasteiger partial charge in [0.25, 0.3) is 0 Å². The van der Waals surface area contributed by atoms with Gasteiger partial charge in [0.1, 0.15) is 22.5 Å². The van der Waals surface area contributed by atoms with E-state index >= 15 is 0 Å². The maximum atomic E-state index is 13.5. The van der Waals surface area contributed by atoms with Crippen molar-refractivity contribution in [2.75, 3.05) is 63.3 Å². The highest BCUT2D eigenvalue weighted by Gasteiger charge is 2.33. The summed E-state index contributed by atoms with van der Waals surface area (Å²) in [7, 11) is 3.78. The SMILES string of the molecule is CCc1nc2sc(N3CCC(N(C)C(=O)N4CCOCC4)C3)nn2c1N(C)c1nc(-c2ccc(F)cc2)c(C#N)s1. The van der Waals surface area contributed by atoms with Gasteiger partial charge >= 0.3 is 6.03 Å². The number of hydrogen-bond acceptors (Lipinski definition) is 10. The summed E-state index contributed by atoms with van der Waals surface area (Å²) in [6.45, 7) is 5.96. The molecule has 1 aromatic carbocycles. The van der Waals surface area contributed by atoms with Gasteiger partial charge in [0.15, 0.2) is 10.9 Å². The maximum Gasteiger partial charge on any atom is 0.320 e. The normalized spacial score (nSPS) is 17.3. The van der Waals surface area contributed by atoms with E-state index in [1.54, 1.807) is 12.1 Å². The van der Waals surface area contributed by atoms with Crippen LogP contribution >= 0.6 is 22.7 Å². The van der Waals surface area contributed by atoms with E-state index in [-0.39, 0.29) is 17.9 Å². The summed E-state index contributed by atoms with van der Waals surface area (Å²) in [6, 6.07) is 8.37. The molecule has 0 bridgehead atoms. The molecule has 0 N–H and O–H groups in total. The number of imidazole rings is 1. The number of aryl methyl sites for hydroxylation is 1. The molecule has 2 aliphatic rings. The molecule has 5 heterocycles. The Labute approximate surface area is 245 Å². The van der Waals surface area contributed by atoms with E-state index in [0.717, 1.165) is 34.6 Å². The van der Waals surface area contributed by atoms with Crippen molar-refractivity contribution in [1.82, 2.24) is 29.4 Å². The summed E-state index contributed by atoms with van der Waals surface area (Å²) < 4.78 is 20.7. The fraction of sp³-hybridized carbons (Fsp3) is 0.444. The van der Waals surface area contributed by atoms with Crippen LogP contribution in [-0.2, 0) is 11.2 Å². The number of nitrogens with zero attached hydrogens (tertiary/aromatic N) is 9. The van der Waals surface area contributed by atoms with Crippen molar-refractivity contribution in [3.8, 4) is 17.3 Å². The maximum absolute atomic E-state index is 13.5. The molecule has 41 heavy (non-hydrogen) atoms. The molecular weight excluding hydrogens is 565 g/mol. The molecule has 4 aromatic rings. The van der Waals surface area contributed by atoms with Crippen LogP contribution in [0.5, 0.6) is 0 Å². The molecule has 2 fully saturated rings. The number of morpholine rings is 1. The van der Waals surface area contributed by atoms with Crippen LogP contribution in [0.2, 0.25) is 0 Å². The van der Waals surface area contributed by atoms with E-state index < -0.39 is 0 Å². The van der Waals surface area contributed by atoms with E-state index in [0.29, 0.717) is 60.5 Å². The van der Waals surface area contributed by atoms with Crippen molar-refractivity contribution in [1.29, 1.82) is 5.26 Å². The number of benzene rings is 1. The lowest BCUT2D eigenvalue weighted by molar-refractivity contribution is 0.0427. The number of amides is 2. The van der Waals surface area contributed by atoms with Crippen molar-refractivity contribution in [2.24, 2.45) is 0 Å². The van der Waals surface area contributed by atoms with Crippen LogP contribution in [0.4, 0.5) is 25.3 Å². The zero-order chi connectivity index (χ0) is 28.7. The molecule has 0 radical (unpaired) electrons. The minimum absolute atomic E-state index is 0.0470. The first-order chi connectivity index (χ1) is 19.9. The summed E-state index contributed by atoms with van der Waals surface area (Å²) in [5.41, 5.74) is 2.09. The van der Waals surface area contributed by atoms with Crippen LogP contribution < -0.4 is 9.80 Å². The Bertz CT molecular complexity index is 1600. The Morgan fingerprint density at radius 1 is 1.17 bits per heavy atom. The number of anilines is 3. The number of carbonyl (C=O) groups is 1. The van der Waals surface area contributed by atoms with Gasteiger partial charge in [-0.1, -0.05) is 29.6 Å². The predicted molar refractivity (Wildman–Crippen MR) is 157 cm³/mol. The monoisotopic (exact) mass is 595 g/mol. The van der Waals surface area contributed by atoms with Gasteiger partial charge in [-0.2, -0.15) is 9.78 Å². The highest BCUT2D eigenvalue weighted by molar-refractivity contribution is 7.20. The largest absolute Gasteiger partial charge is 0.378 e. The second kappa shape index (κ2) is 11.2. The molecule has 0 spiro atoms. The van der Waals surface area contributed by atoms with E-state index in [4.69, 9.17) is 19.8 Å². The second-order valence-electron chi connectivity index (χ2n) is 10.0. The fourth-order valence-electron chi connectivity index (χ4n) is 5.26. The molecule has 0 aliphatic carbocycles. The molecule has 6 rings (SSSR count). The molecule has 0 saturated carbocycles. The third-order valence-corrected chi connectivity index (χ3v) is 9.58. The number of ether oxygens (including phenoxy) is 1. The summed E-state index contributed by atoms with van der Waals surface area (Å²) in [5.74, 6) is 0.456. The van der Waals surface area contributed by atoms with Crippen molar-refractivity contribution in [3.63, 3.8) is 0 Å². The van der Waals surface area contributed by atoms with Crippen molar-refractivity contribution < 1.29 is 13.9 Å². The van der Waals surface area contributed by atoms with Crippen LogP contribution in [-0.4, -0.2) is 94.9 Å². The number of hydrogen-bond donors (Lipinski definition) is 0. The lowest BCUT2D eigenvalue weighted by Crippen LogP contribution is -2.50. The molecule has 3 aromatic heterocycles. The van der Waals surface area contributed by atoms with Crippen LogP contribution in [0.15, 0.2) is 24.3 Å². The van der Waals surface area contributed by atoms with Gasteiger partial charge in [0.05, 0.1) is 24.9 Å². The summed E-state index contributed by atoms with van der Waals surface area (Å²) in [5, 5.41) is 16.2. The zero-order valence-corrected chi connectivity index (χ0v) is 24.7. The van der Waals surface area contributed by atoms with Crippen LogP contribution in [0.1, 0.15) is 23.9 Å². The number of aromatic nitrogens is 4. The molecule has 1 atom stereocenters. The van der Waals surface area contributed by atoms with Crippen molar-refractivity contribution in [2.45, 2.75) is 25.8 Å². The number of urea groups is 1. The van der Waals surface area contributed by atoms with E-state index in [1.807, 2.05) is 40.2 Å². The number of nitriles is 1. The fourth-order valence-corrected chi connectivity index (χ4v) is 7.06. The Morgan fingerprint density at radius 3 is 2.63 bits per heavy atom. The van der Waals surface area contributed by atoms with Crippen LogP contribution in [0.3, 0.4) is 0 Å². The number of rotatable bonds is 6. The number of halogens is 1. The average Bonchev–Trinajstić information content (AvgIpc) is 3.79. The van der Waals surface area contributed by atoms with Gasteiger partial charge in [0.2, 0.25) is 10.1 Å². The Kier molecular flexibility index (Phi) is 7.50. The lowest BCUT2D eigenvalue weighted by atomic mass is 10.1. The number of likely N-dealkylation sites (N-methyl/N-ethyl adjacent to an activating group) is 1. The molecular formula is C27H30FN9O2S2. The average molecular weight is 596 g/mol. The first-order valence-corrected chi connectivity index (χ1v) is 15.1. The van der Waals surface area contributed by atoms with E-state index in [9.17, 15) is 14.4 Å². The standard InChI is InChI=1S/C27H30FN9O2S2/c1-4-20-23(34(3)24-31-22(21(15-29)40-24)17-5-7-18(28)8-6-17)37-25(30-20)41-26(32-37)36-10-9-19(16-36)33(2)27(38)35-11-13-39-14-12-35/h5-8,19H,4,9-14,16H2,1-3H3. The van der Waals surface area contributed by atoms with E-state index in [1.165, 1.54) is 34.8 Å². The number of thiazole rings is 1. The second-order valence-corrected chi connectivity index (χ2v) is 12.0. The first kappa shape index (κ1) is 27.4. The molecule has 2 amide bonds. The predicted octanol–water partition coefficient (Wildman–Crippen LogP) is 4.22. The minimum Gasteiger partial charge on any atom is -0.378 e. The first-order valence-electron chi connectivity index (χ1n) is 13.5. The third kappa shape index (κ3) is 5.09. The lowest BCUT2D eigenvalue weighted by Gasteiger charge is -2.33. The van der Waals surface area contributed by atoms with Gasteiger partial charge in [0, 0.05) is 45.8 Å². The van der Waals surface area contributed by atoms with Gasteiger partial charge < -0.3 is 24.3 Å². The summed E-state index contributed by atoms with van der Waals surface area (Å²) in [6.07, 6.45) is 1.57. The van der Waals surface area contributed by atoms with Gasteiger partial charge in [-0.15, -0.1) is 5.10 Å². The molecule has 214 valence electrons. The summed E-state index contributed by atoms with van der Waals surface area (Å²) >= 11 is 2.80. The van der Waals surface area contributed by atoms with Gasteiger partial charge in [-0.25, -0.2) is 19.2 Å². The topological polar surface area (TPSA) is 106 Å². The number of carbonyl (C=O) groups excluding carboxylic acids is 1. The van der Waals surface area contributed by atoms with Crippen LogP contribution in [0.25, 0.3) is 16.2 Å². The van der Waals surface area contributed by atoms with E-state index in [2.05, 4.69) is 11.0 Å². The minimum atomic E-state index is -0.340. The Balaban J connectivity index is 1.25.